The summed E-state index contributed by atoms with van der Waals surface area (Å²) in [5.74, 6) is 0.546. The van der Waals surface area contributed by atoms with Gasteiger partial charge < -0.3 is 9.64 Å². The Balaban J connectivity index is 2.02. The van der Waals surface area contributed by atoms with Crippen LogP contribution in [0.1, 0.15) is 29.4 Å². The highest BCUT2D eigenvalue weighted by Crippen LogP contribution is 2.15. The van der Waals surface area contributed by atoms with E-state index in [9.17, 15) is 4.79 Å². The zero-order chi connectivity index (χ0) is 13.0. The van der Waals surface area contributed by atoms with Crippen LogP contribution in [0.5, 0.6) is 0 Å². The Morgan fingerprint density at radius 2 is 2.39 bits per heavy atom. The number of carbonyl (C=O) groups excluding carboxylic acids is 1. The molecule has 18 heavy (non-hydrogen) atoms. The molecule has 0 spiro atoms. The molecule has 0 aromatic carbocycles. The minimum atomic E-state index is 0.0666. The van der Waals surface area contributed by atoms with E-state index in [1.54, 1.807) is 6.20 Å². The number of hydrogen-bond acceptors (Lipinski definition) is 3. The van der Waals surface area contributed by atoms with Gasteiger partial charge in [-0.05, 0) is 32.4 Å². The predicted molar refractivity (Wildman–Crippen MR) is 69.5 cm³/mol. The molecule has 0 N–H and O–H groups in total. The Kier molecular flexibility index (Phi) is 4.31. The van der Waals surface area contributed by atoms with E-state index >= 15 is 0 Å². The molecule has 0 bridgehead atoms. The highest BCUT2D eigenvalue weighted by Gasteiger charge is 2.22. The van der Waals surface area contributed by atoms with Crippen molar-refractivity contribution in [3.05, 3.63) is 29.6 Å². The van der Waals surface area contributed by atoms with Crippen molar-refractivity contribution >= 4 is 5.91 Å². The molecule has 1 atom stereocenters. The van der Waals surface area contributed by atoms with Crippen molar-refractivity contribution < 1.29 is 9.53 Å². The number of pyridine rings is 1. The van der Waals surface area contributed by atoms with Gasteiger partial charge >= 0.3 is 0 Å². The maximum absolute atomic E-state index is 12.3. The number of aryl methyl sites for hydroxylation is 1. The number of ether oxygens (including phenoxy) is 1. The number of aromatic nitrogens is 1. The van der Waals surface area contributed by atoms with Gasteiger partial charge in [0.25, 0.3) is 5.91 Å². The van der Waals surface area contributed by atoms with Crippen molar-refractivity contribution in [3.63, 3.8) is 0 Å². The molecule has 1 aromatic heterocycles. The van der Waals surface area contributed by atoms with Crippen molar-refractivity contribution in [2.75, 3.05) is 26.3 Å². The van der Waals surface area contributed by atoms with Crippen LogP contribution in [-0.2, 0) is 4.74 Å². The summed E-state index contributed by atoms with van der Waals surface area (Å²) in [6.07, 6.45) is 2.71. The van der Waals surface area contributed by atoms with Crippen LogP contribution in [0.15, 0.2) is 18.3 Å². The zero-order valence-corrected chi connectivity index (χ0v) is 11.1. The minimum Gasteiger partial charge on any atom is -0.381 e. The smallest absolute Gasteiger partial charge is 0.255 e. The lowest BCUT2D eigenvalue weighted by Crippen LogP contribution is -2.35. The Bertz CT molecular complexity index is 397. The molecule has 0 radical (unpaired) electrons. The van der Waals surface area contributed by atoms with Gasteiger partial charge in [0, 0.05) is 37.5 Å². The maximum Gasteiger partial charge on any atom is 0.255 e. The number of rotatable bonds is 4. The van der Waals surface area contributed by atoms with Crippen LogP contribution in [0.25, 0.3) is 0 Å². The first-order valence-electron chi connectivity index (χ1n) is 6.50. The first-order chi connectivity index (χ1) is 8.70. The van der Waals surface area contributed by atoms with E-state index in [0.29, 0.717) is 11.5 Å². The fourth-order valence-corrected chi connectivity index (χ4v) is 2.17. The molecule has 4 heteroatoms. The first kappa shape index (κ1) is 13.0. The Morgan fingerprint density at radius 3 is 2.94 bits per heavy atom. The average Bonchev–Trinajstić information content (AvgIpc) is 2.89. The maximum atomic E-state index is 12.3. The van der Waals surface area contributed by atoms with Crippen LogP contribution in [-0.4, -0.2) is 42.1 Å². The molecule has 1 aromatic rings. The molecular weight excluding hydrogens is 228 g/mol. The normalized spacial score (nSPS) is 18.9. The predicted octanol–water partition coefficient (Wildman–Crippen LogP) is 1.89. The van der Waals surface area contributed by atoms with E-state index in [4.69, 9.17) is 4.74 Å². The lowest BCUT2D eigenvalue weighted by molar-refractivity contribution is 0.0730. The van der Waals surface area contributed by atoms with E-state index in [1.165, 1.54) is 0 Å². The monoisotopic (exact) mass is 248 g/mol. The molecule has 98 valence electrons. The summed E-state index contributed by atoms with van der Waals surface area (Å²) in [5.41, 5.74) is 1.60. The number of carbonyl (C=O) groups is 1. The van der Waals surface area contributed by atoms with Gasteiger partial charge in [-0.2, -0.15) is 0 Å². The molecule has 2 rings (SSSR count). The summed E-state index contributed by atoms with van der Waals surface area (Å²) in [4.78, 5) is 18.4. The number of amides is 1. The van der Waals surface area contributed by atoms with Gasteiger partial charge in [0.05, 0.1) is 12.2 Å². The zero-order valence-electron chi connectivity index (χ0n) is 11.1. The van der Waals surface area contributed by atoms with E-state index in [0.717, 1.165) is 38.4 Å². The highest BCUT2D eigenvalue weighted by molar-refractivity contribution is 5.93. The van der Waals surface area contributed by atoms with Crippen molar-refractivity contribution in [1.82, 2.24) is 9.88 Å². The van der Waals surface area contributed by atoms with Crippen LogP contribution in [0.3, 0.4) is 0 Å². The van der Waals surface area contributed by atoms with Gasteiger partial charge in [-0.3, -0.25) is 9.78 Å². The molecule has 0 unspecified atom stereocenters. The molecule has 1 aliphatic heterocycles. The van der Waals surface area contributed by atoms with Crippen molar-refractivity contribution in [3.8, 4) is 0 Å². The molecule has 1 aliphatic rings. The second kappa shape index (κ2) is 5.96. The van der Waals surface area contributed by atoms with E-state index in [2.05, 4.69) is 4.98 Å². The van der Waals surface area contributed by atoms with Crippen LogP contribution in [0.2, 0.25) is 0 Å². The van der Waals surface area contributed by atoms with Gasteiger partial charge in [0.1, 0.15) is 0 Å². The molecule has 1 fully saturated rings. The van der Waals surface area contributed by atoms with Crippen molar-refractivity contribution in [2.45, 2.75) is 20.3 Å². The molecule has 1 saturated heterocycles. The second-order valence-corrected chi connectivity index (χ2v) is 4.76. The third-order valence-corrected chi connectivity index (χ3v) is 3.33. The molecule has 2 heterocycles. The van der Waals surface area contributed by atoms with Crippen LogP contribution in [0, 0.1) is 12.8 Å². The van der Waals surface area contributed by atoms with Gasteiger partial charge in [-0.25, -0.2) is 0 Å². The van der Waals surface area contributed by atoms with Crippen molar-refractivity contribution in [1.29, 1.82) is 0 Å². The Morgan fingerprint density at radius 1 is 1.56 bits per heavy atom. The molecular formula is C14H20N2O2. The summed E-state index contributed by atoms with van der Waals surface area (Å²) in [5, 5.41) is 0. The fraction of sp³-hybridized carbons (Fsp3) is 0.571. The number of hydrogen-bond donors (Lipinski definition) is 0. The van der Waals surface area contributed by atoms with Crippen molar-refractivity contribution in [2.24, 2.45) is 5.92 Å². The summed E-state index contributed by atoms with van der Waals surface area (Å²) < 4.78 is 5.35. The Hall–Kier alpha value is -1.42. The van der Waals surface area contributed by atoms with Crippen LogP contribution >= 0.6 is 0 Å². The summed E-state index contributed by atoms with van der Waals surface area (Å²) in [7, 11) is 0. The van der Waals surface area contributed by atoms with Crippen LogP contribution < -0.4 is 0 Å². The van der Waals surface area contributed by atoms with Gasteiger partial charge in [-0.1, -0.05) is 0 Å². The average molecular weight is 248 g/mol. The topological polar surface area (TPSA) is 42.4 Å². The van der Waals surface area contributed by atoms with Gasteiger partial charge in [-0.15, -0.1) is 0 Å². The quantitative estimate of drug-likeness (QED) is 0.817. The molecule has 4 nitrogen and oxygen atoms in total. The summed E-state index contributed by atoms with van der Waals surface area (Å²) in [6.45, 7) is 7.03. The highest BCUT2D eigenvalue weighted by atomic mass is 16.5. The minimum absolute atomic E-state index is 0.0666. The molecule has 1 amide bonds. The lowest BCUT2D eigenvalue weighted by atomic mass is 10.1. The fourth-order valence-electron chi connectivity index (χ4n) is 2.17. The third-order valence-electron chi connectivity index (χ3n) is 3.33. The summed E-state index contributed by atoms with van der Waals surface area (Å²) in [6, 6.07) is 3.72. The first-order valence-corrected chi connectivity index (χ1v) is 6.50. The largest absolute Gasteiger partial charge is 0.381 e. The molecule has 0 aliphatic carbocycles. The SMILES string of the molecule is CCN(C[C@@H]1CCOC1)C(=O)c1ccc(C)nc1. The van der Waals surface area contributed by atoms with Gasteiger partial charge in [0.2, 0.25) is 0 Å². The standard InChI is InChI=1S/C14H20N2O2/c1-3-16(9-12-6-7-18-10-12)14(17)13-5-4-11(2)15-8-13/h4-5,8,12H,3,6-7,9-10H2,1-2H3/t12-/m0/s1. The number of nitrogens with zero attached hydrogens (tertiary/aromatic N) is 2. The molecule has 0 saturated carbocycles. The van der Waals surface area contributed by atoms with E-state index < -0.39 is 0 Å². The Labute approximate surface area is 108 Å². The second-order valence-electron chi connectivity index (χ2n) is 4.76. The van der Waals surface area contributed by atoms with Gasteiger partial charge in [0.15, 0.2) is 0 Å². The van der Waals surface area contributed by atoms with E-state index in [1.807, 2.05) is 30.9 Å². The summed E-state index contributed by atoms with van der Waals surface area (Å²) >= 11 is 0. The van der Waals surface area contributed by atoms with E-state index in [-0.39, 0.29) is 5.91 Å². The lowest BCUT2D eigenvalue weighted by Gasteiger charge is -2.23. The third kappa shape index (κ3) is 3.07. The van der Waals surface area contributed by atoms with Crippen LogP contribution in [0.4, 0.5) is 0 Å².